The number of imidazole rings is 1. The minimum absolute atomic E-state index is 0.0580. The molecule has 12 heteroatoms. The third kappa shape index (κ3) is 5.04. The first-order valence-corrected chi connectivity index (χ1v) is 8.61. The first-order valence-electron chi connectivity index (χ1n) is 8.61. The number of aromatic amines is 1. The molecule has 0 spiro atoms. The summed E-state index contributed by atoms with van der Waals surface area (Å²) in [5.41, 5.74) is 2.02. The molecule has 0 radical (unpaired) electrons. The zero-order valence-electron chi connectivity index (χ0n) is 15.5. The van der Waals surface area contributed by atoms with Crippen LogP contribution in [0.5, 0.6) is 5.75 Å². The van der Waals surface area contributed by atoms with Crippen LogP contribution in [0.2, 0.25) is 0 Å². The van der Waals surface area contributed by atoms with Gasteiger partial charge < -0.3 is 20.5 Å². The summed E-state index contributed by atoms with van der Waals surface area (Å²) in [4.78, 5) is 36.8. The zero-order chi connectivity index (χ0) is 22.6. The van der Waals surface area contributed by atoms with Crippen LogP contribution in [0.25, 0.3) is 21.9 Å². The molecule has 0 atom stereocenters. The maximum Gasteiger partial charge on any atom is 0.490 e. The van der Waals surface area contributed by atoms with E-state index in [0.717, 1.165) is 11.0 Å². The van der Waals surface area contributed by atoms with E-state index in [4.69, 9.17) is 9.90 Å². The number of aromatic hydroxyl groups is 1. The number of fused-ring (bicyclic) bond motifs is 2. The highest BCUT2D eigenvalue weighted by Crippen LogP contribution is 2.24. The monoisotopic (exact) mass is 433 g/mol. The fourth-order valence-electron chi connectivity index (χ4n) is 2.53. The van der Waals surface area contributed by atoms with E-state index in [1.54, 1.807) is 18.3 Å². The number of H-pyrrole nitrogens is 1. The number of carboxylic acid groups (broad SMARTS) is 1. The Morgan fingerprint density at radius 3 is 2.48 bits per heavy atom. The van der Waals surface area contributed by atoms with Gasteiger partial charge in [-0.3, -0.25) is 9.78 Å². The molecular formula is C19H14F3N5O4. The third-order valence-electron chi connectivity index (χ3n) is 3.93. The van der Waals surface area contributed by atoms with Gasteiger partial charge in [0.2, 0.25) is 0 Å². The van der Waals surface area contributed by atoms with Crippen LogP contribution in [0.15, 0.2) is 48.8 Å². The minimum atomic E-state index is -5.08. The van der Waals surface area contributed by atoms with Gasteiger partial charge in [-0.05, 0) is 24.3 Å². The second kappa shape index (κ2) is 8.65. The van der Waals surface area contributed by atoms with E-state index in [0.29, 0.717) is 16.7 Å². The molecule has 0 aliphatic rings. The maximum absolute atomic E-state index is 12.3. The Labute approximate surface area is 171 Å². The number of carbonyl (C=O) groups excluding carboxylic acids is 1. The second-order valence-corrected chi connectivity index (χ2v) is 6.08. The van der Waals surface area contributed by atoms with E-state index >= 15 is 0 Å². The van der Waals surface area contributed by atoms with E-state index in [1.165, 1.54) is 6.20 Å². The van der Waals surface area contributed by atoms with E-state index in [9.17, 15) is 23.1 Å². The standard InChI is InChI=1S/C17H13N5O2.C2HF3O2/c23-16-14-10(4-3-7-18-14)8-19-15(16)17(24)20-9-13-21-11-5-1-2-6-12(11)22-13;3-2(4,5)1(6)7/h1-8,23H,9H2,(H,20,24)(H,21,22);(H,6,7). The average molecular weight is 433 g/mol. The summed E-state index contributed by atoms with van der Waals surface area (Å²) < 4.78 is 31.7. The lowest BCUT2D eigenvalue weighted by molar-refractivity contribution is -0.192. The smallest absolute Gasteiger partial charge is 0.490 e. The molecule has 1 amide bonds. The van der Waals surface area contributed by atoms with Crippen molar-refractivity contribution in [2.75, 3.05) is 0 Å². The van der Waals surface area contributed by atoms with Crippen LogP contribution in [0, 0.1) is 0 Å². The van der Waals surface area contributed by atoms with E-state index in [-0.39, 0.29) is 18.0 Å². The number of benzene rings is 1. The van der Waals surface area contributed by atoms with Crippen molar-refractivity contribution >= 4 is 33.8 Å². The number of aromatic nitrogens is 4. The van der Waals surface area contributed by atoms with Gasteiger partial charge in [0.05, 0.1) is 17.6 Å². The molecule has 0 saturated carbocycles. The number of carbonyl (C=O) groups is 2. The van der Waals surface area contributed by atoms with Crippen molar-refractivity contribution in [3.05, 3.63) is 60.3 Å². The van der Waals surface area contributed by atoms with Gasteiger partial charge in [0.15, 0.2) is 11.4 Å². The summed E-state index contributed by atoms with van der Waals surface area (Å²) in [7, 11) is 0. The quantitative estimate of drug-likeness (QED) is 0.389. The Kier molecular flexibility index (Phi) is 6.00. The molecule has 3 heterocycles. The summed E-state index contributed by atoms with van der Waals surface area (Å²) in [6.07, 6.45) is -2.02. The fraction of sp³-hybridized carbons (Fsp3) is 0.105. The summed E-state index contributed by atoms with van der Waals surface area (Å²) in [6, 6.07) is 11.1. The Hall–Kier alpha value is -4.22. The number of carboxylic acids is 1. The summed E-state index contributed by atoms with van der Waals surface area (Å²) >= 11 is 0. The van der Waals surface area contributed by atoms with Gasteiger partial charge in [0.25, 0.3) is 5.91 Å². The molecule has 31 heavy (non-hydrogen) atoms. The predicted octanol–water partition coefficient (Wildman–Crippen LogP) is 2.78. The highest BCUT2D eigenvalue weighted by atomic mass is 19.4. The average Bonchev–Trinajstić information content (AvgIpc) is 3.15. The SMILES string of the molecule is O=C(NCc1nc2ccccc2[nH]1)c1ncc2cccnc2c1O.O=C(O)C(F)(F)F. The van der Waals surface area contributed by atoms with Crippen LogP contribution in [0.3, 0.4) is 0 Å². The first kappa shape index (κ1) is 21.5. The van der Waals surface area contributed by atoms with Crippen LogP contribution in [-0.2, 0) is 11.3 Å². The zero-order valence-corrected chi connectivity index (χ0v) is 15.5. The Morgan fingerprint density at radius 1 is 1.10 bits per heavy atom. The second-order valence-electron chi connectivity index (χ2n) is 6.08. The molecule has 3 aromatic heterocycles. The highest BCUT2D eigenvalue weighted by molar-refractivity contribution is 6.00. The van der Waals surface area contributed by atoms with Crippen molar-refractivity contribution in [2.24, 2.45) is 0 Å². The minimum Gasteiger partial charge on any atom is -0.504 e. The summed E-state index contributed by atoms with van der Waals surface area (Å²) in [5, 5.41) is 20.7. The number of amides is 1. The number of aliphatic carboxylic acids is 1. The van der Waals surface area contributed by atoms with Crippen LogP contribution in [0.4, 0.5) is 13.2 Å². The van der Waals surface area contributed by atoms with E-state index < -0.39 is 18.1 Å². The molecule has 1 aromatic carbocycles. The molecule has 4 rings (SSSR count). The van der Waals surface area contributed by atoms with Crippen LogP contribution >= 0.6 is 0 Å². The molecule has 0 fully saturated rings. The van der Waals surface area contributed by atoms with Gasteiger partial charge in [-0.15, -0.1) is 0 Å². The summed E-state index contributed by atoms with van der Waals surface area (Å²) in [6.45, 7) is 0.203. The number of para-hydroxylation sites is 2. The number of pyridine rings is 2. The molecule has 4 aromatic rings. The lowest BCUT2D eigenvalue weighted by Gasteiger charge is -2.06. The van der Waals surface area contributed by atoms with Gasteiger partial charge >= 0.3 is 12.1 Å². The van der Waals surface area contributed by atoms with Crippen LogP contribution in [-0.4, -0.2) is 48.2 Å². The molecule has 0 saturated heterocycles. The van der Waals surface area contributed by atoms with Crippen molar-refractivity contribution in [3.63, 3.8) is 0 Å². The molecule has 0 unspecified atom stereocenters. The van der Waals surface area contributed by atoms with Gasteiger partial charge in [-0.1, -0.05) is 12.1 Å². The van der Waals surface area contributed by atoms with Crippen molar-refractivity contribution < 1.29 is 33.0 Å². The normalized spacial score (nSPS) is 11.1. The van der Waals surface area contributed by atoms with Gasteiger partial charge in [-0.25, -0.2) is 14.8 Å². The maximum atomic E-state index is 12.3. The molecule has 4 N–H and O–H groups in total. The van der Waals surface area contributed by atoms with E-state index in [2.05, 4.69) is 25.3 Å². The highest BCUT2D eigenvalue weighted by Gasteiger charge is 2.38. The van der Waals surface area contributed by atoms with Gasteiger partial charge in [0, 0.05) is 17.8 Å². The largest absolute Gasteiger partial charge is 0.504 e. The number of alkyl halides is 3. The van der Waals surface area contributed by atoms with Gasteiger partial charge in [0.1, 0.15) is 11.3 Å². The molecule has 160 valence electrons. The lowest BCUT2D eigenvalue weighted by Crippen LogP contribution is -2.24. The molecule has 0 bridgehead atoms. The number of hydrogen-bond acceptors (Lipinski definition) is 6. The molecule has 0 aliphatic carbocycles. The molecular weight excluding hydrogens is 419 g/mol. The van der Waals surface area contributed by atoms with Crippen LogP contribution < -0.4 is 5.32 Å². The van der Waals surface area contributed by atoms with E-state index in [1.807, 2.05) is 24.3 Å². The molecule has 9 nitrogen and oxygen atoms in total. The molecule has 0 aliphatic heterocycles. The van der Waals surface area contributed by atoms with Crippen molar-refractivity contribution in [1.29, 1.82) is 0 Å². The Morgan fingerprint density at radius 2 is 1.81 bits per heavy atom. The topological polar surface area (TPSA) is 141 Å². The number of nitrogens with one attached hydrogen (secondary N) is 2. The third-order valence-corrected chi connectivity index (χ3v) is 3.93. The Bertz CT molecular complexity index is 1220. The summed E-state index contributed by atoms with van der Waals surface area (Å²) in [5.74, 6) is -2.84. The number of hydrogen-bond donors (Lipinski definition) is 4. The number of nitrogens with zero attached hydrogens (tertiary/aromatic N) is 3. The predicted molar refractivity (Wildman–Crippen MR) is 102 cm³/mol. The van der Waals surface area contributed by atoms with Crippen LogP contribution in [0.1, 0.15) is 16.3 Å². The number of halogens is 3. The number of rotatable bonds is 3. The van der Waals surface area contributed by atoms with Crippen molar-refractivity contribution in [2.45, 2.75) is 12.7 Å². The van der Waals surface area contributed by atoms with Crippen molar-refractivity contribution in [3.8, 4) is 5.75 Å². The Balaban J connectivity index is 0.000000339. The van der Waals surface area contributed by atoms with Gasteiger partial charge in [-0.2, -0.15) is 13.2 Å². The first-order chi connectivity index (χ1) is 14.7. The van der Waals surface area contributed by atoms with Crippen molar-refractivity contribution in [1.82, 2.24) is 25.3 Å². The lowest BCUT2D eigenvalue weighted by atomic mass is 10.2. The fourth-order valence-corrected chi connectivity index (χ4v) is 2.53.